The lowest BCUT2D eigenvalue weighted by Gasteiger charge is -2.21. The molecule has 0 spiro atoms. The van der Waals surface area contributed by atoms with E-state index in [-0.39, 0.29) is 27.4 Å². The Balaban J connectivity index is 1.82. The fraction of sp³-hybridized carbons (Fsp3) is 0.409. The Hall–Kier alpha value is -1.89. The molecule has 1 saturated heterocycles. The van der Waals surface area contributed by atoms with Crippen molar-refractivity contribution >= 4 is 27.5 Å². The van der Waals surface area contributed by atoms with E-state index in [0.29, 0.717) is 13.1 Å². The van der Waals surface area contributed by atoms with E-state index in [1.54, 1.807) is 6.07 Å². The number of aryl methyl sites for hydroxylation is 1. The van der Waals surface area contributed by atoms with Gasteiger partial charge in [-0.05, 0) is 50.5 Å². The average molecular weight is 435 g/mol. The summed E-state index contributed by atoms with van der Waals surface area (Å²) in [6.45, 7) is 4.87. The molecule has 2 aromatic carbocycles. The normalized spacial score (nSPS) is 16.8. The highest BCUT2D eigenvalue weighted by Gasteiger charge is 2.28. The molecule has 1 atom stereocenters. The van der Waals surface area contributed by atoms with Crippen molar-refractivity contribution in [2.24, 2.45) is 0 Å². The summed E-state index contributed by atoms with van der Waals surface area (Å²) in [6.07, 6.45) is 3.73. The summed E-state index contributed by atoms with van der Waals surface area (Å²) < 4.78 is 27.7. The van der Waals surface area contributed by atoms with E-state index in [9.17, 15) is 13.2 Å². The number of halogens is 1. The molecule has 1 fully saturated rings. The topological polar surface area (TPSA) is 66.5 Å². The molecule has 0 aliphatic carbocycles. The Labute approximate surface area is 178 Å². The van der Waals surface area contributed by atoms with E-state index in [1.165, 1.54) is 16.4 Å². The van der Waals surface area contributed by atoms with Crippen molar-refractivity contribution in [1.82, 2.24) is 9.62 Å². The molecule has 2 aromatic rings. The van der Waals surface area contributed by atoms with Crippen molar-refractivity contribution in [3.63, 3.8) is 0 Å². The summed E-state index contributed by atoms with van der Waals surface area (Å²) in [5, 5.41) is 3.07. The Kier molecular flexibility index (Phi) is 6.98. The van der Waals surface area contributed by atoms with Crippen LogP contribution in [0.25, 0.3) is 0 Å². The summed E-state index contributed by atoms with van der Waals surface area (Å²) in [5.41, 5.74) is 2.41. The van der Waals surface area contributed by atoms with Crippen molar-refractivity contribution in [2.75, 3.05) is 13.1 Å². The van der Waals surface area contributed by atoms with Gasteiger partial charge in [0, 0.05) is 18.7 Å². The SMILES string of the molecule is Cc1ccc([C@H](C)NC(=O)c2ccc(Cl)c(S(=O)(=O)N3CCCCCC3)c2)cc1. The molecule has 1 N–H and O–H groups in total. The fourth-order valence-corrected chi connectivity index (χ4v) is 5.50. The number of nitrogens with zero attached hydrogens (tertiary/aromatic N) is 1. The number of hydrogen-bond donors (Lipinski definition) is 1. The first-order valence-corrected chi connectivity index (χ1v) is 11.8. The van der Waals surface area contributed by atoms with Gasteiger partial charge in [-0.2, -0.15) is 4.31 Å². The second-order valence-corrected chi connectivity index (χ2v) is 9.88. The van der Waals surface area contributed by atoms with Gasteiger partial charge in [0.15, 0.2) is 0 Å². The van der Waals surface area contributed by atoms with Crippen LogP contribution in [0.1, 0.15) is 60.1 Å². The average Bonchev–Trinajstić information content (AvgIpc) is 2.98. The van der Waals surface area contributed by atoms with Gasteiger partial charge in [-0.1, -0.05) is 54.3 Å². The van der Waals surface area contributed by atoms with Gasteiger partial charge in [0.25, 0.3) is 5.91 Å². The van der Waals surface area contributed by atoms with Crippen LogP contribution in [-0.4, -0.2) is 31.7 Å². The maximum Gasteiger partial charge on any atom is 0.251 e. The first-order valence-electron chi connectivity index (χ1n) is 9.96. The molecule has 1 amide bonds. The molecule has 0 saturated carbocycles. The molecule has 0 unspecified atom stereocenters. The lowest BCUT2D eigenvalue weighted by Crippen LogP contribution is -2.32. The van der Waals surface area contributed by atoms with E-state index in [4.69, 9.17) is 11.6 Å². The van der Waals surface area contributed by atoms with Crippen LogP contribution in [-0.2, 0) is 10.0 Å². The fourth-order valence-electron chi connectivity index (χ4n) is 3.48. The zero-order valence-electron chi connectivity index (χ0n) is 16.8. The lowest BCUT2D eigenvalue weighted by atomic mass is 10.1. The first-order chi connectivity index (χ1) is 13.8. The van der Waals surface area contributed by atoms with Gasteiger partial charge in [-0.15, -0.1) is 0 Å². The van der Waals surface area contributed by atoms with E-state index in [0.717, 1.165) is 36.8 Å². The monoisotopic (exact) mass is 434 g/mol. The zero-order chi connectivity index (χ0) is 21.0. The van der Waals surface area contributed by atoms with E-state index < -0.39 is 10.0 Å². The molecular weight excluding hydrogens is 408 g/mol. The predicted octanol–water partition coefficient (Wildman–Crippen LogP) is 4.70. The highest BCUT2D eigenvalue weighted by Crippen LogP contribution is 2.28. The Bertz CT molecular complexity index is 966. The van der Waals surface area contributed by atoms with Crippen molar-refractivity contribution in [1.29, 1.82) is 0 Å². The molecule has 0 bridgehead atoms. The quantitative estimate of drug-likeness (QED) is 0.741. The highest BCUT2D eigenvalue weighted by atomic mass is 35.5. The molecular formula is C22H27ClN2O3S. The van der Waals surface area contributed by atoms with Crippen LogP contribution in [0.3, 0.4) is 0 Å². The molecule has 156 valence electrons. The summed E-state index contributed by atoms with van der Waals surface area (Å²) >= 11 is 6.22. The molecule has 1 aliphatic heterocycles. The third-order valence-electron chi connectivity index (χ3n) is 5.30. The lowest BCUT2D eigenvalue weighted by molar-refractivity contribution is 0.0939. The molecule has 7 heteroatoms. The number of sulfonamides is 1. The van der Waals surface area contributed by atoms with Crippen LogP contribution in [0, 0.1) is 6.92 Å². The van der Waals surface area contributed by atoms with Crippen LogP contribution in [0.5, 0.6) is 0 Å². The summed E-state index contributed by atoms with van der Waals surface area (Å²) in [7, 11) is -3.74. The molecule has 0 aromatic heterocycles. The van der Waals surface area contributed by atoms with Gasteiger partial charge in [0.05, 0.1) is 11.1 Å². The van der Waals surface area contributed by atoms with Gasteiger partial charge >= 0.3 is 0 Å². The predicted molar refractivity (Wildman–Crippen MR) is 116 cm³/mol. The number of nitrogens with one attached hydrogen (secondary N) is 1. The molecule has 1 aliphatic rings. The third kappa shape index (κ3) is 5.18. The zero-order valence-corrected chi connectivity index (χ0v) is 18.4. The largest absolute Gasteiger partial charge is 0.346 e. The van der Waals surface area contributed by atoms with E-state index >= 15 is 0 Å². The molecule has 3 rings (SSSR count). The third-order valence-corrected chi connectivity index (χ3v) is 7.68. The van der Waals surface area contributed by atoms with Crippen LogP contribution in [0.2, 0.25) is 5.02 Å². The Morgan fingerprint density at radius 1 is 1.03 bits per heavy atom. The molecule has 0 radical (unpaired) electrons. The maximum atomic E-state index is 13.1. The molecule has 29 heavy (non-hydrogen) atoms. The van der Waals surface area contributed by atoms with Gasteiger partial charge in [0.2, 0.25) is 10.0 Å². The minimum Gasteiger partial charge on any atom is -0.346 e. The van der Waals surface area contributed by atoms with Crippen LogP contribution >= 0.6 is 11.6 Å². The first kappa shape index (κ1) is 21.8. The summed E-state index contributed by atoms with van der Waals surface area (Å²) in [5.74, 6) is -0.331. The summed E-state index contributed by atoms with van der Waals surface area (Å²) in [6, 6.07) is 12.1. The van der Waals surface area contributed by atoms with E-state index in [1.807, 2.05) is 38.1 Å². The minimum absolute atomic E-state index is 0.00305. The summed E-state index contributed by atoms with van der Waals surface area (Å²) in [4.78, 5) is 12.8. The van der Waals surface area contributed by atoms with Crippen LogP contribution in [0.15, 0.2) is 47.4 Å². The second kappa shape index (κ2) is 9.28. The standard InChI is InChI=1S/C22H27ClN2O3S/c1-16-7-9-18(10-8-16)17(2)24-22(26)19-11-12-20(23)21(15-19)29(27,28)25-13-5-3-4-6-14-25/h7-12,15,17H,3-6,13-14H2,1-2H3,(H,24,26)/t17-/m0/s1. The van der Waals surface area contributed by atoms with Gasteiger partial charge in [-0.25, -0.2) is 8.42 Å². The maximum absolute atomic E-state index is 13.1. The molecule has 1 heterocycles. The highest BCUT2D eigenvalue weighted by molar-refractivity contribution is 7.89. The van der Waals surface area contributed by atoms with Gasteiger partial charge < -0.3 is 5.32 Å². The van der Waals surface area contributed by atoms with Crippen LogP contribution in [0.4, 0.5) is 0 Å². The number of carbonyl (C=O) groups is 1. The van der Waals surface area contributed by atoms with Gasteiger partial charge in [-0.3, -0.25) is 4.79 Å². The number of amides is 1. The number of rotatable bonds is 5. The second-order valence-electron chi connectivity index (χ2n) is 7.57. The van der Waals surface area contributed by atoms with Crippen molar-refractivity contribution in [3.05, 3.63) is 64.2 Å². The number of carbonyl (C=O) groups excluding carboxylic acids is 1. The van der Waals surface area contributed by atoms with Crippen molar-refractivity contribution < 1.29 is 13.2 Å². The van der Waals surface area contributed by atoms with Gasteiger partial charge in [0.1, 0.15) is 4.90 Å². The van der Waals surface area contributed by atoms with Crippen molar-refractivity contribution in [2.45, 2.75) is 50.5 Å². The van der Waals surface area contributed by atoms with E-state index in [2.05, 4.69) is 5.32 Å². The van der Waals surface area contributed by atoms with Crippen molar-refractivity contribution in [3.8, 4) is 0 Å². The number of benzene rings is 2. The smallest absolute Gasteiger partial charge is 0.251 e. The minimum atomic E-state index is -3.74. The number of hydrogen-bond acceptors (Lipinski definition) is 3. The Morgan fingerprint density at radius 2 is 1.66 bits per heavy atom. The molecule has 5 nitrogen and oxygen atoms in total. The van der Waals surface area contributed by atoms with Crippen LogP contribution < -0.4 is 5.32 Å². The Morgan fingerprint density at radius 3 is 2.28 bits per heavy atom.